The van der Waals surface area contributed by atoms with Gasteiger partial charge in [-0.25, -0.2) is 8.42 Å². The van der Waals surface area contributed by atoms with E-state index in [-0.39, 0.29) is 10.8 Å². The van der Waals surface area contributed by atoms with Crippen molar-refractivity contribution in [3.8, 4) is 0 Å². The Labute approximate surface area is 161 Å². The molecule has 0 saturated carbocycles. The fourth-order valence-corrected chi connectivity index (χ4v) is 5.05. The van der Waals surface area contributed by atoms with Crippen molar-refractivity contribution in [3.63, 3.8) is 0 Å². The second kappa shape index (κ2) is 9.14. The van der Waals surface area contributed by atoms with Gasteiger partial charge >= 0.3 is 0 Å². The van der Waals surface area contributed by atoms with E-state index in [0.29, 0.717) is 37.8 Å². The molecule has 27 heavy (non-hydrogen) atoms. The highest BCUT2D eigenvalue weighted by Gasteiger charge is 2.28. The molecule has 1 aromatic rings. The van der Waals surface area contributed by atoms with E-state index in [9.17, 15) is 13.2 Å². The minimum absolute atomic E-state index is 0.0871. The number of sulfonamides is 1. The molecule has 0 aliphatic carbocycles. The number of nitrogens with one attached hydrogen (secondary N) is 1. The van der Waals surface area contributed by atoms with Crippen LogP contribution >= 0.6 is 0 Å². The molecule has 0 aromatic heterocycles. The summed E-state index contributed by atoms with van der Waals surface area (Å²) in [5.74, 6) is 0.512. The van der Waals surface area contributed by atoms with Crippen LogP contribution in [0.5, 0.6) is 0 Å². The van der Waals surface area contributed by atoms with Crippen LogP contribution < -0.4 is 5.32 Å². The van der Waals surface area contributed by atoms with E-state index in [1.54, 1.807) is 18.2 Å². The number of rotatable bonds is 6. The van der Waals surface area contributed by atoms with Gasteiger partial charge in [-0.15, -0.1) is 0 Å². The van der Waals surface area contributed by atoms with E-state index >= 15 is 0 Å². The summed E-state index contributed by atoms with van der Waals surface area (Å²) in [5, 5.41) is 3.37. The number of hydrogen-bond donors (Lipinski definition) is 1. The molecule has 1 amide bonds. The Bertz CT molecular complexity index is 739. The Balaban J connectivity index is 1.67. The third-order valence-corrected chi connectivity index (χ3v) is 7.17. The number of carbonyl (C=O) groups is 1. The Morgan fingerprint density at radius 2 is 1.89 bits per heavy atom. The molecule has 1 aromatic carbocycles. The van der Waals surface area contributed by atoms with Crippen molar-refractivity contribution in [1.29, 1.82) is 0 Å². The third-order valence-electron chi connectivity index (χ3n) is 5.27. The molecule has 0 atom stereocenters. The highest BCUT2D eigenvalue weighted by molar-refractivity contribution is 7.89. The summed E-state index contributed by atoms with van der Waals surface area (Å²) in [4.78, 5) is 14.9. The van der Waals surface area contributed by atoms with E-state index in [4.69, 9.17) is 4.74 Å². The maximum absolute atomic E-state index is 12.9. The molecule has 0 spiro atoms. The third kappa shape index (κ3) is 4.87. The van der Waals surface area contributed by atoms with Gasteiger partial charge in [-0.1, -0.05) is 13.0 Å². The zero-order valence-electron chi connectivity index (χ0n) is 15.9. The number of morpholine rings is 1. The number of hydrogen-bond acceptors (Lipinski definition) is 5. The van der Waals surface area contributed by atoms with E-state index < -0.39 is 10.0 Å². The second-order valence-corrected chi connectivity index (χ2v) is 9.03. The number of nitrogens with zero attached hydrogens (tertiary/aromatic N) is 2. The van der Waals surface area contributed by atoms with Gasteiger partial charge in [0.15, 0.2) is 0 Å². The first-order valence-electron chi connectivity index (χ1n) is 9.70. The number of likely N-dealkylation sites (tertiary alicyclic amines) is 1. The highest BCUT2D eigenvalue weighted by Crippen LogP contribution is 2.22. The van der Waals surface area contributed by atoms with Gasteiger partial charge in [0, 0.05) is 31.7 Å². The molecule has 8 heteroatoms. The van der Waals surface area contributed by atoms with Crippen LogP contribution in [0.1, 0.15) is 30.1 Å². The molecule has 2 fully saturated rings. The van der Waals surface area contributed by atoms with Gasteiger partial charge in [0.05, 0.1) is 18.1 Å². The monoisotopic (exact) mass is 395 g/mol. The molecular formula is C19H29N3O4S. The smallest absolute Gasteiger partial charge is 0.253 e. The van der Waals surface area contributed by atoms with Gasteiger partial charge in [0.1, 0.15) is 0 Å². The summed E-state index contributed by atoms with van der Waals surface area (Å²) < 4.78 is 32.3. The van der Waals surface area contributed by atoms with Gasteiger partial charge in [0.2, 0.25) is 10.0 Å². The Morgan fingerprint density at radius 3 is 2.56 bits per heavy atom. The molecule has 7 nitrogen and oxygen atoms in total. The molecule has 150 valence electrons. The number of amides is 1. The van der Waals surface area contributed by atoms with Crippen molar-refractivity contribution in [2.24, 2.45) is 5.92 Å². The number of benzene rings is 1. The van der Waals surface area contributed by atoms with Crippen LogP contribution in [-0.4, -0.2) is 76.0 Å². The quantitative estimate of drug-likeness (QED) is 0.782. The molecular weight excluding hydrogens is 366 g/mol. The summed E-state index contributed by atoms with van der Waals surface area (Å²) >= 11 is 0. The molecule has 0 unspecified atom stereocenters. The Kier molecular flexibility index (Phi) is 6.86. The predicted octanol–water partition coefficient (Wildman–Crippen LogP) is 1.17. The fraction of sp³-hybridized carbons (Fsp3) is 0.632. The number of carbonyl (C=O) groups excluding carboxylic acids is 1. The zero-order chi connectivity index (χ0) is 19.3. The molecule has 2 aliphatic heterocycles. The van der Waals surface area contributed by atoms with Crippen molar-refractivity contribution in [3.05, 3.63) is 29.8 Å². The van der Waals surface area contributed by atoms with Crippen LogP contribution in [-0.2, 0) is 14.8 Å². The fourth-order valence-electron chi connectivity index (χ4n) is 3.60. The van der Waals surface area contributed by atoms with Gasteiger partial charge in [-0.3, -0.25) is 4.79 Å². The molecule has 2 saturated heterocycles. The average molecular weight is 396 g/mol. The predicted molar refractivity (Wildman–Crippen MR) is 103 cm³/mol. The lowest BCUT2D eigenvalue weighted by atomic mass is 9.96. The molecule has 2 heterocycles. The van der Waals surface area contributed by atoms with E-state index in [2.05, 4.69) is 12.2 Å². The average Bonchev–Trinajstić information content (AvgIpc) is 2.73. The van der Waals surface area contributed by atoms with Crippen molar-refractivity contribution in [2.45, 2.75) is 24.7 Å². The van der Waals surface area contributed by atoms with Gasteiger partial charge < -0.3 is 15.0 Å². The minimum Gasteiger partial charge on any atom is -0.379 e. The van der Waals surface area contributed by atoms with Gasteiger partial charge in [-0.05, 0) is 50.0 Å². The standard InChI is InChI=1S/C19H29N3O4S/c1-2-20-15-16-6-8-21(9-7-16)19(23)17-4-3-5-18(14-17)27(24,25)22-10-12-26-13-11-22/h3-5,14,16,20H,2,6-13,15H2,1H3. The van der Waals surface area contributed by atoms with Gasteiger partial charge in [0.25, 0.3) is 5.91 Å². The van der Waals surface area contributed by atoms with E-state index in [1.165, 1.54) is 10.4 Å². The lowest BCUT2D eigenvalue weighted by molar-refractivity contribution is 0.0689. The number of ether oxygens (including phenoxy) is 1. The van der Waals surface area contributed by atoms with E-state index in [1.807, 2.05) is 4.90 Å². The van der Waals surface area contributed by atoms with Crippen LogP contribution in [0.15, 0.2) is 29.2 Å². The molecule has 0 bridgehead atoms. The summed E-state index contributed by atoms with van der Waals surface area (Å²) in [6.07, 6.45) is 1.95. The maximum Gasteiger partial charge on any atom is 0.253 e. The topological polar surface area (TPSA) is 79.0 Å². The second-order valence-electron chi connectivity index (χ2n) is 7.09. The summed E-state index contributed by atoms with van der Waals surface area (Å²) in [6, 6.07) is 6.42. The van der Waals surface area contributed by atoms with Crippen LogP contribution in [0.2, 0.25) is 0 Å². The van der Waals surface area contributed by atoms with Crippen LogP contribution in [0.25, 0.3) is 0 Å². The first kappa shape index (κ1) is 20.3. The number of piperidine rings is 1. The van der Waals surface area contributed by atoms with Crippen LogP contribution in [0, 0.1) is 5.92 Å². The largest absolute Gasteiger partial charge is 0.379 e. The lowest BCUT2D eigenvalue weighted by Gasteiger charge is -2.32. The van der Waals surface area contributed by atoms with Crippen molar-refractivity contribution >= 4 is 15.9 Å². The molecule has 2 aliphatic rings. The normalized spacial score (nSPS) is 20.0. The van der Waals surface area contributed by atoms with E-state index in [0.717, 1.165) is 39.0 Å². The van der Waals surface area contributed by atoms with Gasteiger partial charge in [-0.2, -0.15) is 4.31 Å². The Hall–Kier alpha value is -1.48. The van der Waals surface area contributed by atoms with Crippen LogP contribution in [0.4, 0.5) is 0 Å². The maximum atomic E-state index is 12.9. The van der Waals surface area contributed by atoms with Crippen molar-refractivity contribution < 1.29 is 17.9 Å². The summed E-state index contributed by atoms with van der Waals surface area (Å²) in [5.41, 5.74) is 0.439. The minimum atomic E-state index is -3.59. The zero-order valence-corrected chi connectivity index (χ0v) is 16.7. The lowest BCUT2D eigenvalue weighted by Crippen LogP contribution is -2.41. The van der Waals surface area contributed by atoms with Crippen molar-refractivity contribution in [2.75, 3.05) is 52.5 Å². The van der Waals surface area contributed by atoms with Crippen molar-refractivity contribution in [1.82, 2.24) is 14.5 Å². The molecule has 0 radical (unpaired) electrons. The first-order valence-corrected chi connectivity index (χ1v) is 11.1. The first-order chi connectivity index (χ1) is 13.0. The Morgan fingerprint density at radius 1 is 1.19 bits per heavy atom. The molecule has 1 N–H and O–H groups in total. The summed E-state index contributed by atoms with van der Waals surface area (Å²) in [6.45, 7) is 6.98. The highest BCUT2D eigenvalue weighted by atomic mass is 32.2. The van der Waals surface area contributed by atoms with Crippen LogP contribution in [0.3, 0.4) is 0 Å². The SMILES string of the molecule is CCNCC1CCN(C(=O)c2cccc(S(=O)(=O)N3CCOCC3)c2)CC1. The summed E-state index contributed by atoms with van der Waals surface area (Å²) in [7, 11) is -3.59. The molecule has 3 rings (SSSR count).